The summed E-state index contributed by atoms with van der Waals surface area (Å²) in [4.78, 5) is 6.55. The number of ether oxygens (including phenoxy) is 1. The lowest BCUT2D eigenvalue weighted by Gasteiger charge is -2.37. The van der Waals surface area contributed by atoms with Crippen LogP contribution in [0.2, 0.25) is 0 Å². The highest BCUT2D eigenvalue weighted by atomic mass is 16.5. The fraction of sp³-hybridized carbons (Fsp3) is 0.500. The van der Waals surface area contributed by atoms with E-state index in [1.54, 1.807) is 7.11 Å². The van der Waals surface area contributed by atoms with Crippen molar-refractivity contribution in [3.8, 4) is 0 Å². The molecule has 1 aromatic rings. The SMILES string of the molecule is COCCC1(C)CN=C(N)N1c1ccccc1C. The molecule has 0 aliphatic carbocycles. The minimum atomic E-state index is -0.0911. The monoisotopic (exact) mass is 247 g/mol. The van der Waals surface area contributed by atoms with Crippen LogP contribution >= 0.6 is 0 Å². The Morgan fingerprint density at radius 1 is 1.44 bits per heavy atom. The Kier molecular flexibility index (Phi) is 3.57. The molecule has 2 rings (SSSR count). The number of rotatable bonds is 4. The second-order valence-electron chi connectivity index (χ2n) is 5.04. The van der Waals surface area contributed by atoms with Gasteiger partial charge in [-0.05, 0) is 31.9 Å². The van der Waals surface area contributed by atoms with Gasteiger partial charge in [0.2, 0.25) is 0 Å². The number of aliphatic imine (C=N–C) groups is 1. The maximum Gasteiger partial charge on any atom is 0.196 e. The van der Waals surface area contributed by atoms with Crippen LogP contribution in [-0.2, 0) is 4.74 Å². The summed E-state index contributed by atoms with van der Waals surface area (Å²) in [7, 11) is 1.72. The van der Waals surface area contributed by atoms with Gasteiger partial charge >= 0.3 is 0 Å². The average molecular weight is 247 g/mol. The molecule has 0 saturated carbocycles. The molecule has 0 spiro atoms. The highest BCUT2D eigenvalue weighted by Gasteiger charge is 2.39. The number of hydrogen-bond acceptors (Lipinski definition) is 4. The molecule has 1 unspecified atom stereocenters. The van der Waals surface area contributed by atoms with E-state index >= 15 is 0 Å². The standard InChI is InChI=1S/C14H21N3O/c1-11-6-4-5-7-12(11)17-13(15)16-10-14(17,2)8-9-18-3/h4-7H,8-10H2,1-3H3,(H2,15,16). The lowest BCUT2D eigenvalue weighted by atomic mass is 9.96. The molecule has 0 fully saturated rings. The van der Waals surface area contributed by atoms with Gasteiger partial charge in [0.15, 0.2) is 5.96 Å². The van der Waals surface area contributed by atoms with Gasteiger partial charge in [0.1, 0.15) is 0 Å². The number of hydrogen-bond donors (Lipinski definition) is 1. The Labute approximate surface area is 108 Å². The van der Waals surface area contributed by atoms with Crippen molar-refractivity contribution in [2.75, 3.05) is 25.2 Å². The number of anilines is 1. The zero-order chi connectivity index (χ0) is 13.2. The predicted octanol–water partition coefficient (Wildman–Crippen LogP) is 1.92. The molecule has 2 N–H and O–H groups in total. The van der Waals surface area contributed by atoms with Crippen molar-refractivity contribution in [1.82, 2.24) is 0 Å². The molecular weight excluding hydrogens is 226 g/mol. The van der Waals surface area contributed by atoms with E-state index in [-0.39, 0.29) is 5.54 Å². The van der Waals surface area contributed by atoms with Crippen LogP contribution < -0.4 is 10.6 Å². The molecule has 0 amide bonds. The van der Waals surface area contributed by atoms with Gasteiger partial charge in [0.05, 0.1) is 12.1 Å². The van der Waals surface area contributed by atoms with E-state index in [1.165, 1.54) is 5.56 Å². The van der Waals surface area contributed by atoms with Crippen LogP contribution in [0.25, 0.3) is 0 Å². The summed E-state index contributed by atoms with van der Waals surface area (Å²) in [5.41, 5.74) is 8.31. The van der Waals surface area contributed by atoms with Crippen molar-refractivity contribution >= 4 is 11.6 Å². The smallest absolute Gasteiger partial charge is 0.196 e. The summed E-state index contributed by atoms with van der Waals surface area (Å²) < 4.78 is 5.20. The Bertz CT molecular complexity index is 458. The lowest BCUT2D eigenvalue weighted by molar-refractivity contribution is 0.175. The molecule has 4 heteroatoms. The van der Waals surface area contributed by atoms with Gasteiger partial charge < -0.3 is 15.4 Å². The number of para-hydroxylation sites is 1. The summed E-state index contributed by atoms with van der Waals surface area (Å²) in [6.45, 7) is 5.71. The number of aryl methyl sites for hydroxylation is 1. The highest BCUT2D eigenvalue weighted by Crippen LogP contribution is 2.33. The maximum absolute atomic E-state index is 6.06. The Hall–Kier alpha value is -1.55. The van der Waals surface area contributed by atoms with Crippen LogP contribution in [0, 0.1) is 6.92 Å². The molecule has 0 bridgehead atoms. The van der Waals surface area contributed by atoms with Gasteiger partial charge in [-0.2, -0.15) is 0 Å². The van der Waals surface area contributed by atoms with Crippen molar-refractivity contribution in [3.05, 3.63) is 29.8 Å². The van der Waals surface area contributed by atoms with Crippen LogP contribution in [-0.4, -0.2) is 31.8 Å². The largest absolute Gasteiger partial charge is 0.385 e. The number of nitrogens with zero attached hydrogens (tertiary/aromatic N) is 2. The third-order valence-electron chi connectivity index (χ3n) is 3.55. The van der Waals surface area contributed by atoms with E-state index in [1.807, 2.05) is 12.1 Å². The number of methoxy groups -OCH3 is 1. The number of nitrogens with two attached hydrogens (primary N) is 1. The Morgan fingerprint density at radius 2 is 2.17 bits per heavy atom. The molecule has 18 heavy (non-hydrogen) atoms. The van der Waals surface area contributed by atoms with Gasteiger partial charge in [-0.1, -0.05) is 18.2 Å². The van der Waals surface area contributed by atoms with Gasteiger partial charge in [-0.3, -0.25) is 4.99 Å². The average Bonchev–Trinajstić information content (AvgIpc) is 2.65. The normalized spacial score (nSPS) is 23.3. The van der Waals surface area contributed by atoms with Crippen LogP contribution in [0.4, 0.5) is 5.69 Å². The fourth-order valence-electron chi connectivity index (χ4n) is 2.41. The topological polar surface area (TPSA) is 50.9 Å². The van der Waals surface area contributed by atoms with E-state index < -0.39 is 0 Å². The van der Waals surface area contributed by atoms with Gasteiger partial charge in [0.25, 0.3) is 0 Å². The van der Waals surface area contributed by atoms with Crippen LogP contribution in [0.3, 0.4) is 0 Å². The van der Waals surface area contributed by atoms with Gasteiger partial charge in [-0.25, -0.2) is 0 Å². The minimum absolute atomic E-state index is 0.0911. The first-order chi connectivity index (χ1) is 8.58. The third kappa shape index (κ3) is 2.20. The van der Waals surface area contributed by atoms with Gasteiger partial charge in [0, 0.05) is 19.4 Å². The molecule has 1 aliphatic heterocycles. The van der Waals surface area contributed by atoms with Crippen molar-refractivity contribution in [2.24, 2.45) is 10.7 Å². The first-order valence-electron chi connectivity index (χ1n) is 6.23. The van der Waals surface area contributed by atoms with Crippen LogP contribution in [0.1, 0.15) is 18.9 Å². The quantitative estimate of drug-likeness (QED) is 0.884. The molecule has 1 aliphatic rings. The van der Waals surface area contributed by atoms with Crippen LogP contribution in [0.5, 0.6) is 0 Å². The van der Waals surface area contributed by atoms with E-state index in [4.69, 9.17) is 10.5 Å². The molecule has 1 aromatic carbocycles. The summed E-state index contributed by atoms with van der Waals surface area (Å²) in [6, 6.07) is 8.26. The molecule has 0 saturated heterocycles. The minimum Gasteiger partial charge on any atom is -0.385 e. The predicted molar refractivity (Wildman–Crippen MR) is 75.0 cm³/mol. The molecule has 1 atom stereocenters. The second-order valence-corrected chi connectivity index (χ2v) is 5.04. The Morgan fingerprint density at radius 3 is 2.83 bits per heavy atom. The molecular formula is C14H21N3O. The molecule has 0 radical (unpaired) electrons. The number of guanidine groups is 1. The maximum atomic E-state index is 6.06. The van der Waals surface area contributed by atoms with Crippen LogP contribution in [0.15, 0.2) is 29.3 Å². The zero-order valence-corrected chi connectivity index (χ0v) is 11.3. The second kappa shape index (κ2) is 4.98. The summed E-state index contributed by atoms with van der Waals surface area (Å²) >= 11 is 0. The molecule has 1 heterocycles. The first kappa shape index (κ1) is 12.9. The summed E-state index contributed by atoms with van der Waals surface area (Å²) in [5.74, 6) is 0.600. The molecule has 98 valence electrons. The highest BCUT2D eigenvalue weighted by molar-refractivity contribution is 5.98. The van der Waals surface area contributed by atoms with Crippen molar-refractivity contribution in [3.63, 3.8) is 0 Å². The third-order valence-corrected chi connectivity index (χ3v) is 3.55. The van der Waals surface area contributed by atoms with Gasteiger partial charge in [-0.15, -0.1) is 0 Å². The Balaban J connectivity index is 2.33. The molecule has 0 aromatic heterocycles. The van der Waals surface area contributed by atoms with Crippen molar-refractivity contribution < 1.29 is 4.74 Å². The summed E-state index contributed by atoms with van der Waals surface area (Å²) in [6.07, 6.45) is 0.905. The van der Waals surface area contributed by atoms with Crippen molar-refractivity contribution in [1.29, 1.82) is 0 Å². The summed E-state index contributed by atoms with van der Waals surface area (Å²) in [5, 5.41) is 0. The molecule has 4 nitrogen and oxygen atoms in total. The zero-order valence-electron chi connectivity index (χ0n) is 11.3. The lowest BCUT2D eigenvalue weighted by Crippen LogP contribution is -2.50. The fourth-order valence-corrected chi connectivity index (χ4v) is 2.41. The van der Waals surface area contributed by atoms with E-state index in [0.29, 0.717) is 12.6 Å². The van der Waals surface area contributed by atoms with Crippen molar-refractivity contribution in [2.45, 2.75) is 25.8 Å². The first-order valence-corrected chi connectivity index (χ1v) is 6.23. The van der Waals surface area contributed by atoms with E-state index in [0.717, 1.165) is 18.7 Å². The van der Waals surface area contributed by atoms with E-state index in [2.05, 4.69) is 35.9 Å². The number of benzene rings is 1. The van der Waals surface area contributed by atoms with E-state index in [9.17, 15) is 0 Å².